The van der Waals surface area contributed by atoms with E-state index in [9.17, 15) is 0 Å². The van der Waals surface area contributed by atoms with Crippen molar-refractivity contribution < 1.29 is 0 Å². The van der Waals surface area contributed by atoms with Gasteiger partial charge in [-0.05, 0) is 0 Å². The minimum atomic E-state index is 0.563. The fraction of sp³-hybridized carbons (Fsp3) is 0.714. The Morgan fingerprint density at radius 2 is 2.25 bits per heavy atom. The summed E-state index contributed by atoms with van der Waals surface area (Å²) in [4.78, 5) is 3.10. The summed E-state index contributed by atoms with van der Waals surface area (Å²) in [5.41, 5.74) is 0. The van der Waals surface area contributed by atoms with E-state index in [4.69, 9.17) is 0 Å². The molecule has 0 radical (unpaired) electrons. The van der Waals surface area contributed by atoms with Gasteiger partial charge >= 0.3 is 57.7 Å². The first-order chi connectivity index (χ1) is 3.91. The van der Waals surface area contributed by atoms with Gasteiger partial charge in [0.15, 0.2) is 0 Å². The maximum absolute atomic E-state index is 3.11. The van der Waals surface area contributed by atoms with Crippen molar-refractivity contribution in [1.82, 2.24) is 0 Å². The molecule has 0 bridgehead atoms. The van der Waals surface area contributed by atoms with Gasteiger partial charge in [-0.25, -0.2) is 0 Å². The van der Waals surface area contributed by atoms with E-state index < -0.39 is 0 Å². The van der Waals surface area contributed by atoms with Gasteiger partial charge in [-0.2, -0.15) is 0 Å². The average Bonchev–Trinajstić information content (AvgIpc) is 1.81. The molecule has 0 aromatic rings. The second-order valence-electron chi connectivity index (χ2n) is 1.59. The Kier molecular flexibility index (Phi) is 7.15. The zero-order chi connectivity index (χ0) is 6.24. The van der Waals surface area contributed by atoms with E-state index in [2.05, 4.69) is 23.5 Å². The molecule has 0 N–H and O–H groups in total. The number of hydrogen-bond donors (Lipinski definition) is 0. The van der Waals surface area contributed by atoms with Gasteiger partial charge in [-0.1, -0.05) is 0 Å². The van der Waals surface area contributed by atoms with Crippen LogP contribution in [0.5, 0.6) is 0 Å². The molecule has 0 aliphatic heterocycles. The molecule has 0 nitrogen and oxygen atoms in total. The minimum absolute atomic E-state index is 0.563. The van der Waals surface area contributed by atoms with Crippen LogP contribution in [-0.4, -0.2) is 15.0 Å². The van der Waals surface area contributed by atoms with Gasteiger partial charge in [-0.15, -0.1) is 0 Å². The Morgan fingerprint density at radius 3 is 2.75 bits per heavy atom. The molecular formula is C7H12Se. The Bertz CT molecular complexity index is 86.3. The van der Waals surface area contributed by atoms with Gasteiger partial charge in [0.25, 0.3) is 0 Å². The van der Waals surface area contributed by atoms with E-state index in [-0.39, 0.29) is 0 Å². The number of unbranched alkanes of at least 4 members (excludes halogenated alkanes) is 2. The van der Waals surface area contributed by atoms with Crippen LogP contribution >= 0.6 is 0 Å². The van der Waals surface area contributed by atoms with Crippen LogP contribution in [0, 0.1) is 10.7 Å². The quantitative estimate of drug-likeness (QED) is 0.341. The zero-order valence-electron chi connectivity index (χ0n) is 5.53. The summed E-state index contributed by atoms with van der Waals surface area (Å²) in [6.07, 6.45) is 3.64. The third-order valence-corrected chi connectivity index (χ3v) is 1.56. The van der Waals surface area contributed by atoms with Crippen LogP contribution in [-0.2, 0) is 0 Å². The van der Waals surface area contributed by atoms with E-state index in [0.29, 0.717) is 15.0 Å². The molecule has 1 heteroatoms. The SMILES string of the molecule is CCCCC#C[Se]C. The Labute approximate surface area is 58.2 Å². The van der Waals surface area contributed by atoms with Crippen molar-refractivity contribution in [1.29, 1.82) is 0 Å². The molecule has 0 atom stereocenters. The second kappa shape index (κ2) is 7.08. The third kappa shape index (κ3) is 6.08. The monoisotopic (exact) mass is 176 g/mol. The fourth-order valence-corrected chi connectivity index (χ4v) is 0.905. The zero-order valence-corrected chi connectivity index (χ0v) is 7.24. The molecule has 8 heavy (non-hydrogen) atoms. The van der Waals surface area contributed by atoms with E-state index in [1.165, 1.54) is 12.8 Å². The Morgan fingerprint density at radius 1 is 1.50 bits per heavy atom. The van der Waals surface area contributed by atoms with Gasteiger partial charge in [0, 0.05) is 0 Å². The number of rotatable bonds is 2. The molecule has 0 spiro atoms. The molecule has 0 aliphatic rings. The van der Waals surface area contributed by atoms with Crippen LogP contribution in [0.25, 0.3) is 0 Å². The first-order valence-electron chi connectivity index (χ1n) is 2.92. The predicted molar refractivity (Wildman–Crippen MR) is 38.9 cm³/mol. The van der Waals surface area contributed by atoms with Crippen LogP contribution in [0.4, 0.5) is 0 Å². The van der Waals surface area contributed by atoms with Crippen LogP contribution in [0.3, 0.4) is 0 Å². The van der Waals surface area contributed by atoms with Gasteiger partial charge in [-0.3, -0.25) is 0 Å². The molecule has 0 aromatic carbocycles. The van der Waals surface area contributed by atoms with Crippen molar-refractivity contribution in [3.8, 4) is 10.7 Å². The maximum atomic E-state index is 3.11. The molecular weight excluding hydrogens is 163 g/mol. The summed E-state index contributed by atoms with van der Waals surface area (Å²) in [6, 6.07) is 0. The van der Waals surface area contributed by atoms with Crippen LogP contribution in [0.2, 0.25) is 5.82 Å². The van der Waals surface area contributed by atoms with E-state index in [1.807, 2.05) is 0 Å². The first kappa shape index (κ1) is 8.08. The van der Waals surface area contributed by atoms with Gasteiger partial charge in [0.2, 0.25) is 0 Å². The molecule has 0 rings (SSSR count). The van der Waals surface area contributed by atoms with Crippen molar-refractivity contribution >= 4 is 15.0 Å². The molecule has 0 amide bonds. The Balaban J connectivity index is 2.90. The van der Waals surface area contributed by atoms with Crippen molar-refractivity contribution in [2.75, 3.05) is 0 Å². The van der Waals surface area contributed by atoms with Crippen LogP contribution in [0.15, 0.2) is 0 Å². The molecule has 0 aromatic heterocycles. The summed E-state index contributed by atoms with van der Waals surface area (Å²) in [5, 5.41) is 0. The molecule has 46 valence electrons. The van der Waals surface area contributed by atoms with E-state index >= 15 is 0 Å². The predicted octanol–water partition coefficient (Wildman–Crippen LogP) is 1.89. The van der Waals surface area contributed by atoms with Crippen molar-refractivity contribution in [3.63, 3.8) is 0 Å². The number of hydrogen-bond acceptors (Lipinski definition) is 0. The summed E-state index contributed by atoms with van der Waals surface area (Å²) >= 11 is 0.563. The molecule has 0 saturated carbocycles. The standard InChI is InChI=1S/C7H12Se/c1-3-4-5-6-7-8-2/h3-5H2,1-2H3. The topological polar surface area (TPSA) is 0 Å². The molecule has 0 fully saturated rings. The van der Waals surface area contributed by atoms with Crippen molar-refractivity contribution in [2.45, 2.75) is 32.0 Å². The summed E-state index contributed by atoms with van der Waals surface area (Å²) in [7, 11) is 0. The van der Waals surface area contributed by atoms with E-state index in [0.717, 1.165) is 6.42 Å². The van der Waals surface area contributed by atoms with Crippen LogP contribution < -0.4 is 0 Å². The van der Waals surface area contributed by atoms with Gasteiger partial charge in [0.05, 0.1) is 0 Å². The second-order valence-corrected chi connectivity index (χ2v) is 2.87. The molecule has 0 saturated heterocycles. The average molecular weight is 175 g/mol. The molecule has 0 unspecified atom stereocenters. The third-order valence-electron chi connectivity index (χ3n) is 0.830. The van der Waals surface area contributed by atoms with Crippen molar-refractivity contribution in [2.24, 2.45) is 0 Å². The first-order valence-corrected chi connectivity index (χ1v) is 5.49. The van der Waals surface area contributed by atoms with Crippen LogP contribution in [0.1, 0.15) is 26.2 Å². The normalized spacial score (nSPS) is 7.75. The Hall–Kier alpha value is 0.0795. The molecule has 0 heterocycles. The fourth-order valence-electron chi connectivity index (χ4n) is 0.388. The van der Waals surface area contributed by atoms with E-state index in [1.54, 1.807) is 0 Å². The van der Waals surface area contributed by atoms with Gasteiger partial charge in [0.1, 0.15) is 0 Å². The summed E-state index contributed by atoms with van der Waals surface area (Å²) < 4.78 is 0. The van der Waals surface area contributed by atoms with Gasteiger partial charge < -0.3 is 0 Å². The molecule has 0 aliphatic carbocycles. The summed E-state index contributed by atoms with van der Waals surface area (Å²) in [6.45, 7) is 2.19. The summed E-state index contributed by atoms with van der Waals surface area (Å²) in [5.74, 6) is 5.26. The van der Waals surface area contributed by atoms with Crippen molar-refractivity contribution in [3.05, 3.63) is 0 Å².